The Bertz CT molecular complexity index is 551. The summed E-state index contributed by atoms with van der Waals surface area (Å²) in [5.41, 5.74) is 0.842. The number of carbonyl (C=O) groups excluding carboxylic acids is 1. The van der Waals surface area contributed by atoms with Crippen LogP contribution in [0.3, 0.4) is 0 Å². The van der Waals surface area contributed by atoms with Crippen molar-refractivity contribution in [3.05, 3.63) is 29.8 Å². The molecule has 0 amide bonds. The number of benzene rings is 1. The molecular weight excluding hydrogens is 316 g/mol. The third kappa shape index (κ3) is 7.45. The summed E-state index contributed by atoms with van der Waals surface area (Å²) in [5.74, 6) is -0.309. The molecule has 118 valence electrons. The van der Waals surface area contributed by atoms with E-state index in [4.69, 9.17) is 20.2 Å². The molecule has 0 aliphatic rings. The summed E-state index contributed by atoms with van der Waals surface area (Å²) in [6.45, 7) is 4.44. The van der Waals surface area contributed by atoms with Gasteiger partial charge < -0.3 is 9.47 Å². The monoisotopic (exact) mass is 334 g/mol. The minimum atomic E-state index is -3.71. The Kier molecular flexibility index (Phi) is 7.14. The summed E-state index contributed by atoms with van der Waals surface area (Å²) in [7, 11) is 1.51. The Morgan fingerprint density at radius 1 is 1.19 bits per heavy atom. The number of hydrogen-bond donors (Lipinski definition) is 0. The molecule has 0 spiro atoms. The van der Waals surface area contributed by atoms with Crippen LogP contribution in [0.25, 0.3) is 0 Å². The molecule has 0 saturated carbocycles. The number of halogens is 1. The van der Waals surface area contributed by atoms with Gasteiger partial charge in [-0.15, -0.1) is 0 Å². The number of carbonyl (C=O) groups is 1. The van der Waals surface area contributed by atoms with Crippen LogP contribution in [0.15, 0.2) is 29.2 Å². The Balaban J connectivity index is 2.33. The molecule has 0 unspecified atom stereocenters. The van der Waals surface area contributed by atoms with Crippen molar-refractivity contribution < 1.29 is 22.7 Å². The molecule has 0 atom stereocenters. The van der Waals surface area contributed by atoms with Gasteiger partial charge in [-0.2, -0.15) is 0 Å². The van der Waals surface area contributed by atoms with Gasteiger partial charge in [0.1, 0.15) is 6.61 Å². The van der Waals surface area contributed by atoms with Gasteiger partial charge in [0.05, 0.1) is 17.6 Å². The molecule has 1 rings (SSSR count). The van der Waals surface area contributed by atoms with E-state index in [0.29, 0.717) is 13.0 Å². The van der Waals surface area contributed by atoms with Crippen LogP contribution in [0.2, 0.25) is 0 Å². The maximum Gasteiger partial charge on any atom is 0.306 e. The van der Waals surface area contributed by atoms with Gasteiger partial charge in [0.25, 0.3) is 9.05 Å². The molecule has 0 N–H and O–H groups in total. The van der Waals surface area contributed by atoms with E-state index in [9.17, 15) is 13.2 Å². The summed E-state index contributed by atoms with van der Waals surface area (Å²) in [5, 5.41) is 0. The minimum Gasteiger partial charge on any atom is -0.463 e. The largest absolute Gasteiger partial charge is 0.463 e. The van der Waals surface area contributed by atoms with E-state index in [-0.39, 0.29) is 30.0 Å². The average Bonchev–Trinajstić information content (AvgIpc) is 2.40. The van der Waals surface area contributed by atoms with E-state index >= 15 is 0 Å². The van der Waals surface area contributed by atoms with Gasteiger partial charge in [-0.05, 0) is 38.0 Å². The second-order valence-electron chi connectivity index (χ2n) is 4.72. The fourth-order valence-electron chi connectivity index (χ4n) is 1.58. The first-order chi connectivity index (χ1) is 9.79. The van der Waals surface area contributed by atoms with Crippen molar-refractivity contribution in [3.63, 3.8) is 0 Å². The lowest BCUT2D eigenvalue weighted by molar-refractivity contribution is -0.145. The fraction of sp³-hybridized carbons (Fsp3) is 0.500. The van der Waals surface area contributed by atoms with Gasteiger partial charge in [0, 0.05) is 17.1 Å². The lowest BCUT2D eigenvalue weighted by atomic mass is 10.1. The van der Waals surface area contributed by atoms with Crippen molar-refractivity contribution in [1.82, 2.24) is 0 Å². The standard InChI is InChI=1S/C14H19ClO5S/c1-11(2)19-9-10-20-14(16)8-5-12-3-6-13(7-4-12)21(15,17)18/h3-4,6-7,11H,5,8-10H2,1-2H3. The van der Waals surface area contributed by atoms with Crippen molar-refractivity contribution in [2.24, 2.45) is 0 Å². The van der Waals surface area contributed by atoms with Crippen molar-refractivity contribution in [2.75, 3.05) is 13.2 Å². The van der Waals surface area contributed by atoms with Crippen molar-refractivity contribution >= 4 is 25.7 Å². The zero-order chi connectivity index (χ0) is 15.9. The second kappa shape index (κ2) is 8.36. The van der Waals surface area contributed by atoms with Gasteiger partial charge in [0.15, 0.2) is 0 Å². The molecule has 0 radical (unpaired) electrons. The molecule has 1 aromatic carbocycles. The topological polar surface area (TPSA) is 69.7 Å². The van der Waals surface area contributed by atoms with Crippen LogP contribution < -0.4 is 0 Å². The van der Waals surface area contributed by atoms with E-state index in [2.05, 4.69) is 0 Å². The van der Waals surface area contributed by atoms with Crippen LogP contribution in [-0.4, -0.2) is 33.7 Å². The maximum atomic E-state index is 11.5. The zero-order valence-corrected chi connectivity index (χ0v) is 13.6. The molecule has 0 fully saturated rings. The molecule has 0 aliphatic heterocycles. The fourth-order valence-corrected chi connectivity index (χ4v) is 2.35. The molecule has 21 heavy (non-hydrogen) atoms. The number of esters is 1. The summed E-state index contributed by atoms with van der Waals surface area (Å²) in [6.07, 6.45) is 0.821. The highest BCUT2D eigenvalue weighted by Crippen LogP contribution is 2.16. The second-order valence-corrected chi connectivity index (χ2v) is 7.29. The average molecular weight is 335 g/mol. The van der Waals surface area contributed by atoms with Crippen molar-refractivity contribution in [3.8, 4) is 0 Å². The summed E-state index contributed by atoms with van der Waals surface area (Å²) < 4.78 is 32.4. The van der Waals surface area contributed by atoms with E-state index in [0.717, 1.165) is 5.56 Å². The van der Waals surface area contributed by atoms with Crippen LogP contribution in [-0.2, 0) is 29.7 Å². The molecule has 1 aromatic rings. The Hall–Kier alpha value is -1.11. The van der Waals surface area contributed by atoms with Gasteiger partial charge in [-0.3, -0.25) is 4.79 Å². The SMILES string of the molecule is CC(C)OCCOC(=O)CCc1ccc(S(=O)(=O)Cl)cc1. The predicted molar refractivity (Wildman–Crippen MR) is 79.8 cm³/mol. The van der Waals surface area contributed by atoms with Gasteiger partial charge in [0.2, 0.25) is 0 Å². The highest BCUT2D eigenvalue weighted by atomic mass is 35.7. The molecule has 0 aliphatic carbocycles. The van der Waals surface area contributed by atoms with Gasteiger partial charge >= 0.3 is 5.97 Å². The molecule has 7 heteroatoms. The van der Waals surface area contributed by atoms with Crippen LogP contribution in [0.1, 0.15) is 25.8 Å². The summed E-state index contributed by atoms with van der Waals surface area (Å²) in [6, 6.07) is 6.09. The highest BCUT2D eigenvalue weighted by molar-refractivity contribution is 8.13. The zero-order valence-electron chi connectivity index (χ0n) is 12.0. The Morgan fingerprint density at radius 2 is 1.81 bits per heavy atom. The molecular formula is C14H19ClO5S. The first-order valence-corrected chi connectivity index (χ1v) is 8.91. The number of ether oxygens (including phenoxy) is 2. The van der Waals surface area contributed by atoms with E-state index in [1.165, 1.54) is 12.1 Å². The molecule has 0 heterocycles. The van der Waals surface area contributed by atoms with E-state index in [1.807, 2.05) is 13.8 Å². The van der Waals surface area contributed by atoms with Gasteiger partial charge in [-0.1, -0.05) is 12.1 Å². The third-order valence-corrected chi connectivity index (χ3v) is 3.99. The number of rotatable bonds is 8. The van der Waals surface area contributed by atoms with Crippen molar-refractivity contribution in [2.45, 2.75) is 37.7 Å². The van der Waals surface area contributed by atoms with E-state index in [1.54, 1.807) is 12.1 Å². The predicted octanol–water partition coefficient (Wildman–Crippen LogP) is 2.51. The summed E-state index contributed by atoms with van der Waals surface area (Å²) >= 11 is 0. The van der Waals surface area contributed by atoms with Crippen molar-refractivity contribution in [1.29, 1.82) is 0 Å². The maximum absolute atomic E-state index is 11.5. The molecule has 0 aromatic heterocycles. The van der Waals surface area contributed by atoms with Crippen LogP contribution in [0.5, 0.6) is 0 Å². The first kappa shape index (κ1) is 17.9. The summed E-state index contributed by atoms with van der Waals surface area (Å²) in [4.78, 5) is 11.5. The van der Waals surface area contributed by atoms with Crippen LogP contribution in [0.4, 0.5) is 0 Å². The first-order valence-electron chi connectivity index (χ1n) is 6.60. The van der Waals surface area contributed by atoms with Crippen LogP contribution in [0, 0.1) is 0 Å². The molecule has 0 bridgehead atoms. The lowest BCUT2D eigenvalue weighted by Crippen LogP contribution is -2.13. The Morgan fingerprint density at radius 3 is 2.33 bits per heavy atom. The quantitative estimate of drug-likeness (QED) is 0.415. The number of hydrogen-bond acceptors (Lipinski definition) is 5. The lowest BCUT2D eigenvalue weighted by Gasteiger charge is -2.08. The Labute approximate surface area is 129 Å². The minimum absolute atomic E-state index is 0.0429. The van der Waals surface area contributed by atoms with E-state index < -0.39 is 9.05 Å². The smallest absolute Gasteiger partial charge is 0.306 e. The highest BCUT2D eigenvalue weighted by Gasteiger charge is 2.09. The molecule has 5 nitrogen and oxygen atoms in total. The third-order valence-electron chi connectivity index (χ3n) is 2.62. The number of aryl methyl sites for hydroxylation is 1. The molecule has 0 saturated heterocycles. The van der Waals surface area contributed by atoms with Gasteiger partial charge in [-0.25, -0.2) is 8.42 Å². The van der Waals surface area contributed by atoms with Crippen LogP contribution >= 0.6 is 10.7 Å². The normalized spacial score (nSPS) is 11.6.